The number of hydrogen-bond donors (Lipinski definition) is 1. The van der Waals surface area contributed by atoms with Gasteiger partial charge in [0.1, 0.15) is 6.54 Å². The van der Waals surface area contributed by atoms with Crippen molar-refractivity contribution in [1.82, 2.24) is 19.2 Å². The highest BCUT2D eigenvalue weighted by molar-refractivity contribution is 7.99. The molecule has 2 heterocycles. The summed E-state index contributed by atoms with van der Waals surface area (Å²) in [4.78, 5) is 11.0. The van der Waals surface area contributed by atoms with Crippen molar-refractivity contribution in [2.75, 3.05) is 5.75 Å². The van der Waals surface area contributed by atoms with Gasteiger partial charge in [-0.15, -0.1) is 10.2 Å². The van der Waals surface area contributed by atoms with E-state index < -0.39 is 5.97 Å². The number of benzene rings is 1. The molecule has 0 aliphatic rings. The first-order valence-corrected chi connectivity index (χ1v) is 6.88. The van der Waals surface area contributed by atoms with E-state index in [0.29, 0.717) is 5.78 Å². The van der Waals surface area contributed by atoms with E-state index in [-0.39, 0.29) is 6.54 Å². The van der Waals surface area contributed by atoms with Crippen LogP contribution in [-0.4, -0.2) is 36.0 Å². The Balaban J connectivity index is 2.35. The second-order valence-electron chi connectivity index (χ2n) is 4.02. The maximum Gasteiger partial charge on any atom is 0.323 e. The van der Waals surface area contributed by atoms with E-state index in [4.69, 9.17) is 5.11 Å². The van der Waals surface area contributed by atoms with Crippen molar-refractivity contribution in [3.63, 3.8) is 0 Å². The van der Waals surface area contributed by atoms with Crippen LogP contribution in [0.25, 0.3) is 16.8 Å². The number of para-hydroxylation sites is 2. The van der Waals surface area contributed by atoms with Crippen LogP contribution >= 0.6 is 11.8 Å². The molecule has 0 fully saturated rings. The first-order valence-electron chi connectivity index (χ1n) is 5.89. The summed E-state index contributed by atoms with van der Waals surface area (Å²) in [5, 5.41) is 18.1. The number of aromatic nitrogens is 4. The van der Waals surface area contributed by atoms with E-state index >= 15 is 0 Å². The zero-order valence-corrected chi connectivity index (χ0v) is 11.1. The second-order valence-corrected chi connectivity index (χ2v) is 5.25. The Morgan fingerprint density at radius 1 is 1.32 bits per heavy atom. The maximum atomic E-state index is 11.0. The molecule has 2 aromatic heterocycles. The Hall–Kier alpha value is -2.02. The molecule has 3 rings (SSSR count). The topological polar surface area (TPSA) is 72.4 Å². The predicted octanol–water partition coefficient (Wildman–Crippen LogP) is 1.88. The highest BCUT2D eigenvalue weighted by Crippen LogP contribution is 2.25. The van der Waals surface area contributed by atoms with Gasteiger partial charge in [-0.1, -0.05) is 30.8 Å². The SMILES string of the molecule is CCSc1nnc2n(CC(=O)O)c3ccccc3n12. The fraction of sp³-hybridized carbons (Fsp3) is 0.250. The van der Waals surface area contributed by atoms with Crippen molar-refractivity contribution in [2.24, 2.45) is 0 Å². The van der Waals surface area contributed by atoms with Gasteiger partial charge in [0.15, 0.2) is 5.16 Å². The lowest BCUT2D eigenvalue weighted by atomic mass is 10.3. The van der Waals surface area contributed by atoms with E-state index in [1.165, 1.54) is 0 Å². The molecule has 0 bridgehead atoms. The Labute approximate surface area is 113 Å². The van der Waals surface area contributed by atoms with Crippen LogP contribution in [0.5, 0.6) is 0 Å². The van der Waals surface area contributed by atoms with E-state index in [1.807, 2.05) is 35.6 Å². The monoisotopic (exact) mass is 276 g/mol. The van der Waals surface area contributed by atoms with E-state index in [1.54, 1.807) is 16.3 Å². The van der Waals surface area contributed by atoms with Gasteiger partial charge < -0.3 is 5.11 Å². The third kappa shape index (κ3) is 1.86. The number of fused-ring (bicyclic) bond motifs is 3. The van der Waals surface area contributed by atoms with Crippen LogP contribution in [0.4, 0.5) is 0 Å². The van der Waals surface area contributed by atoms with E-state index in [0.717, 1.165) is 21.9 Å². The fourth-order valence-electron chi connectivity index (χ4n) is 2.15. The molecule has 0 atom stereocenters. The number of carboxylic acid groups (broad SMARTS) is 1. The van der Waals surface area contributed by atoms with Crippen molar-refractivity contribution in [3.05, 3.63) is 24.3 Å². The number of carboxylic acids is 1. The highest BCUT2D eigenvalue weighted by Gasteiger charge is 2.17. The van der Waals surface area contributed by atoms with E-state index in [9.17, 15) is 4.79 Å². The van der Waals surface area contributed by atoms with Gasteiger partial charge >= 0.3 is 5.97 Å². The summed E-state index contributed by atoms with van der Waals surface area (Å²) in [6, 6.07) is 7.66. The quantitative estimate of drug-likeness (QED) is 0.737. The molecule has 0 aliphatic heterocycles. The summed E-state index contributed by atoms with van der Waals surface area (Å²) in [7, 11) is 0. The average Bonchev–Trinajstić information content (AvgIpc) is 2.91. The van der Waals surface area contributed by atoms with Gasteiger partial charge in [-0.25, -0.2) is 0 Å². The summed E-state index contributed by atoms with van der Waals surface area (Å²) in [5.74, 6) is 0.565. The van der Waals surface area contributed by atoms with Gasteiger partial charge in [0.25, 0.3) is 0 Å². The molecule has 0 amide bonds. The number of aliphatic carboxylic acids is 1. The lowest BCUT2D eigenvalue weighted by Crippen LogP contribution is -2.08. The molecular weight excluding hydrogens is 264 g/mol. The van der Waals surface area contributed by atoms with Gasteiger partial charge in [-0.2, -0.15) is 0 Å². The second kappa shape index (κ2) is 4.58. The first-order chi connectivity index (χ1) is 9.22. The number of thioether (sulfide) groups is 1. The standard InChI is InChI=1S/C12H12N4O2S/c1-2-19-12-14-13-11-15(7-10(17)18)8-5-3-4-6-9(8)16(11)12/h3-6H,2,7H2,1H3,(H,17,18). The molecule has 0 saturated heterocycles. The van der Waals surface area contributed by atoms with Crippen molar-refractivity contribution in [1.29, 1.82) is 0 Å². The molecule has 0 saturated carbocycles. The van der Waals surface area contributed by atoms with Crippen molar-refractivity contribution < 1.29 is 9.90 Å². The Kier molecular flexibility index (Phi) is 2.90. The Morgan fingerprint density at radius 2 is 2.05 bits per heavy atom. The van der Waals surface area contributed by atoms with Crippen molar-refractivity contribution >= 4 is 34.5 Å². The minimum atomic E-state index is -0.893. The molecule has 0 aliphatic carbocycles. The predicted molar refractivity (Wildman–Crippen MR) is 72.5 cm³/mol. The molecule has 3 aromatic rings. The van der Waals surface area contributed by atoms with Crippen molar-refractivity contribution in [2.45, 2.75) is 18.6 Å². The summed E-state index contributed by atoms with van der Waals surface area (Å²) < 4.78 is 3.58. The minimum absolute atomic E-state index is 0.119. The smallest absolute Gasteiger partial charge is 0.323 e. The number of rotatable bonds is 4. The lowest BCUT2D eigenvalue weighted by molar-refractivity contribution is -0.137. The molecule has 0 unspecified atom stereocenters. The van der Waals surface area contributed by atoms with Gasteiger partial charge in [0.05, 0.1) is 11.0 Å². The third-order valence-electron chi connectivity index (χ3n) is 2.84. The molecule has 1 N–H and O–H groups in total. The maximum absolute atomic E-state index is 11.0. The molecule has 0 spiro atoms. The van der Waals surface area contributed by atoms with Gasteiger partial charge in [0, 0.05) is 0 Å². The Bertz CT molecular complexity index is 762. The summed E-state index contributed by atoms with van der Waals surface area (Å²) in [5.41, 5.74) is 1.78. The number of hydrogen-bond acceptors (Lipinski definition) is 4. The zero-order valence-electron chi connectivity index (χ0n) is 10.3. The highest BCUT2D eigenvalue weighted by atomic mass is 32.2. The molecule has 0 radical (unpaired) electrons. The zero-order chi connectivity index (χ0) is 13.4. The Morgan fingerprint density at radius 3 is 2.74 bits per heavy atom. The number of carbonyl (C=O) groups is 1. The third-order valence-corrected chi connectivity index (χ3v) is 3.65. The van der Waals surface area contributed by atoms with Crippen LogP contribution in [0.15, 0.2) is 29.4 Å². The molecule has 19 heavy (non-hydrogen) atoms. The van der Waals surface area contributed by atoms with Gasteiger partial charge in [0.2, 0.25) is 5.78 Å². The average molecular weight is 276 g/mol. The van der Waals surface area contributed by atoms with Crippen LogP contribution in [0, 0.1) is 0 Å². The van der Waals surface area contributed by atoms with Crippen molar-refractivity contribution in [3.8, 4) is 0 Å². The minimum Gasteiger partial charge on any atom is -0.480 e. The molecular formula is C12H12N4O2S. The lowest BCUT2D eigenvalue weighted by Gasteiger charge is -1.99. The summed E-state index contributed by atoms with van der Waals surface area (Å²) in [6.45, 7) is 1.92. The molecule has 6 nitrogen and oxygen atoms in total. The van der Waals surface area contributed by atoms with Crippen LogP contribution in [-0.2, 0) is 11.3 Å². The molecule has 7 heteroatoms. The summed E-state index contributed by atoms with van der Waals surface area (Å²) in [6.07, 6.45) is 0. The normalized spacial score (nSPS) is 11.4. The fourth-order valence-corrected chi connectivity index (χ4v) is 2.82. The van der Waals surface area contributed by atoms with Crippen LogP contribution in [0.1, 0.15) is 6.92 Å². The number of imidazole rings is 1. The first kappa shape index (κ1) is 12.0. The molecule has 1 aromatic carbocycles. The van der Waals surface area contributed by atoms with Crippen LogP contribution in [0.3, 0.4) is 0 Å². The van der Waals surface area contributed by atoms with Gasteiger partial charge in [-0.05, 0) is 17.9 Å². The van der Waals surface area contributed by atoms with E-state index in [2.05, 4.69) is 10.2 Å². The summed E-state index contributed by atoms with van der Waals surface area (Å²) >= 11 is 1.59. The molecule has 98 valence electrons. The van der Waals surface area contributed by atoms with Crippen LogP contribution < -0.4 is 0 Å². The van der Waals surface area contributed by atoms with Crippen LogP contribution in [0.2, 0.25) is 0 Å². The van der Waals surface area contributed by atoms with Gasteiger partial charge in [-0.3, -0.25) is 13.8 Å². The largest absolute Gasteiger partial charge is 0.480 e. The number of nitrogens with zero attached hydrogens (tertiary/aromatic N) is 4.